The van der Waals surface area contributed by atoms with Gasteiger partial charge < -0.3 is 20.1 Å². The van der Waals surface area contributed by atoms with Gasteiger partial charge >= 0.3 is 0 Å². The van der Waals surface area contributed by atoms with Crippen LogP contribution in [0.1, 0.15) is 18.1 Å². The maximum atomic E-state index is 13.0. The zero-order valence-electron chi connectivity index (χ0n) is 17.1. The minimum Gasteiger partial charge on any atom is -0.494 e. The molecule has 1 aromatic heterocycles. The molecule has 3 aromatic rings. The summed E-state index contributed by atoms with van der Waals surface area (Å²) < 4.78 is 24.2. The third kappa shape index (κ3) is 6.20. The van der Waals surface area contributed by atoms with Gasteiger partial charge in [0.2, 0.25) is 5.88 Å². The molecule has 0 atom stereocenters. The third-order valence-corrected chi connectivity index (χ3v) is 4.24. The molecule has 0 aliphatic rings. The predicted octanol–water partition coefficient (Wildman–Crippen LogP) is 4.28. The van der Waals surface area contributed by atoms with Crippen molar-refractivity contribution in [3.05, 3.63) is 83.8 Å². The highest BCUT2D eigenvalue weighted by molar-refractivity contribution is 5.79. The highest BCUT2D eigenvalue weighted by atomic mass is 19.1. The summed E-state index contributed by atoms with van der Waals surface area (Å²) in [6, 6.07) is 17.4. The Morgan fingerprint density at radius 3 is 2.47 bits per heavy atom. The van der Waals surface area contributed by atoms with Crippen LogP contribution < -0.4 is 20.1 Å². The number of hydrogen-bond donors (Lipinski definition) is 2. The van der Waals surface area contributed by atoms with Crippen LogP contribution in [0.4, 0.5) is 4.39 Å². The van der Waals surface area contributed by atoms with Crippen molar-refractivity contribution in [1.82, 2.24) is 15.6 Å². The number of guanidine groups is 1. The van der Waals surface area contributed by atoms with Gasteiger partial charge in [-0.25, -0.2) is 9.37 Å². The zero-order chi connectivity index (χ0) is 21.2. The van der Waals surface area contributed by atoms with Crippen molar-refractivity contribution < 1.29 is 13.9 Å². The van der Waals surface area contributed by atoms with Crippen molar-refractivity contribution in [3.63, 3.8) is 0 Å². The van der Waals surface area contributed by atoms with Gasteiger partial charge in [0.15, 0.2) is 5.96 Å². The number of ether oxygens (including phenoxy) is 2. The van der Waals surface area contributed by atoms with Crippen LogP contribution in [-0.2, 0) is 13.1 Å². The molecule has 3 rings (SSSR count). The van der Waals surface area contributed by atoms with Crippen LogP contribution >= 0.6 is 0 Å². The van der Waals surface area contributed by atoms with E-state index in [1.165, 1.54) is 12.1 Å². The summed E-state index contributed by atoms with van der Waals surface area (Å²) in [4.78, 5) is 8.55. The summed E-state index contributed by atoms with van der Waals surface area (Å²) in [6.45, 7) is 3.74. The van der Waals surface area contributed by atoms with Gasteiger partial charge in [0, 0.05) is 38.0 Å². The van der Waals surface area contributed by atoms with Crippen molar-refractivity contribution in [2.75, 3.05) is 13.7 Å². The number of nitrogens with zero attached hydrogens (tertiary/aromatic N) is 2. The summed E-state index contributed by atoms with van der Waals surface area (Å²) in [5.41, 5.74) is 2.03. The predicted molar refractivity (Wildman–Crippen MR) is 115 cm³/mol. The molecule has 1 heterocycles. The lowest BCUT2D eigenvalue weighted by molar-refractivity contribution is 0.336. The fourth-order valence-corrected chi connectivity index (χ4v) is 2.73. The molecule has 0 saturated heterocycles. The topological polar surface area (TPSA) is 67.8 Å². The molecule has 0 aliphatic heterocycles. The summed E-state index contributed by atoms with van der Waals surface area (Å²) in [5, 5.41) is 6.54. The molecule has 2 N–H and O–H groups in total. The van der Waals surface area contributed by atoms with Crippen molar-refractivity contribution in [1.29, 1.82) is 0 Å². The van der Waals surface area contributed by atoms with Gasteiger partial charge in [-0.3, -0.25) is 4.99 Å². The van der Waals surface area contributed by atoms with Crippen molar-refractivity contribution in [2.24, 2.45) is 4.99 Å². The van der Waals surface area contributed by atoms with E-state index in [1.807, 2.05) is 37.3 Å². The molecule has 0 bridgehead atoms. The summed E-state index contributed by atoms with van der Waals surface area (Å²) in [5.74, 6) is 2.21. The van der Waals surface area contributed by atoms with Gasteiger partial charge in [-0.15, -0.1) is 0 Å². The first-order valence-electron chi connectivity index (χ1n) is 9.71. The maximum Gasteiger partial charge on any atom is 0.219 e. The van der Waals surface area contributed by atoms with Crippen LogP contribution in [0.25, 0.3) is 0 Å². The average molecular weight is 408 g/mol. The Morgan fingerprint density at radius 2 is 1.77 bits per heavy atom. The van der Waals surface area contributed by atoms with Crippen LogP contribution in [0.15, 0.2) is 71.9 Å². The lowest BCUT2D eigenvalue weighted by atomic mass is 10.2. The van der Waals surface area contributed by atoms with Gasteiger partial charge in [0.25, 0.3) is 0 Å². The Morgan fingerprint density at radius 1 is 1.00 bits per heavy atom. The van der Waals surface area contributed by atoms with Gasteiger partial charge in [0.1, 0.15) is 17.3 Å². The minimum atomic E-state index is -0.305. The number of benzene rings is 2. The number of nitrogens with one attached hydrogen (secondary N) is 2. The molecule has 0 spiro atoms. The van der Waals surface area contributed by atoms with E-state index >= 15 is 0 Å². The highest BCUT2D eigenvalue weighted by Crippen LogP contribution is 2.20. The number of aliphatic imine (C=N–C) groups is 1. The van der Waals surface area contributed by atoms with E-state index in [9.17, 15) is 4.39 Å². The zero-order valence-corrected chi connectivity index (χ0v) is 17.1. The molecular formula is C23H25FN4O2. The second-order valence-electron chi connectivity index (χ2n) is 6.38. The molecule has 6 nitrogen and oxygen atoms in total. The van der Waals surface area contributed by atoms with Crippen molar-refractivity contribution >= 4 is 5.96 Å². The normalized spacial score (nSPS) is 11.1. The summed E-state index contributed by atoms with van der Waals surface area (Å²) in [6.07, 6.45) is 1.73. The van der Waals surface area contributed by atoms with Gasteiger partial charge in [0.05, 0.1) is 6.61 Å². The Bertz CT molecular complexity index is 960. The SMILES string of the molecule is CCOc1ccccc1CNC(=NC)NCc1ccc(Oc2ccc(F)cc2)nc1. The molecule has 0 amide bonds. The average Bonchev–Trinajstić information content (AvgIpc) is 2.78. The molecule has 0 radical (unpaired) electrons. The van der Waals surface area contributed by atoms with E-state index in [-0.39, 0.29) is 5.82 Å². The molecule has 0 unspecified atom stereocenters. The number of hydrogen-bond acceptors (Lipinski definition) is 4. The van der Waals surface area contributed by atoms with Crippen LogP contribution in [-0.4, -0.2) is 24.6 Å². The van der Waals surface area contributed by atoms with Crippen molar-refractivity contribution in [2.45, 2.75) is 20.0 Å². The quantitative estimate of drug-likeness (QED) is 0.430. The molecule has 0 fully saturated rings. The number of halogens is 1. The van der Waals surface area contributed by atoms with E-state index in [0.29, 0.717) is 37.3 Å². The van der Waals surface area contributed by atoms with Crippen LogP contribution in [0, 0.1) is 5.82 Å². The van der Waals surface area contributed by atoms with Gasteiger partial charge in [-0.2, -0.15) is 0 Å². The second-order valence-corrected chi connectivity index (χ2v) is 6.38. The van der Waals surface area contributed by atoms with Crippen LogP contribution in [0.2, 0.25) is 0 Å². The standard InChI is InChI=1S/C23H25FN4O2/c1-3-29-21-7-5-4-6-18(21)16-28-23(25-2)27-15-17-8-13-22(26-14-17)30-20-11-9-19(24)10-12-20/h4-14H,3,15-16H2,1-2H3,(H2,25,27,28). The minimum absolute atomic E-state index is 0.305. The number of aromatic nitrogens is 1. The first-order valence-corrected chi connectivity index (χ1v) is 9.71. The lowest BCUT2D eigenvalue weighted by Crippen LogP contribution is -2.36. The first-order chi connectivity index (χ1) is 14.7. The number of rotatable bonds is 8. The lowest BCUT2D eigenvalue weighted by Gasteiger charge is -2.14. The Kier molecular flexibility index (Phi) is 7.60. The van der Waals surface area contributed by atoms with E-state index in [2.05, 4.69) is 20.6 Å². The van der Waals surface area contributed by atoms with Crippen LogP contribution in [0.3, 0.4) is 0 Å². The highest BCUT2D eigenvalue weighted by Gasteiger charge is 2.05. The Hall–Kier alpha value is -3.61. The molecular weight excluding hydrogens is 383 g/mol. The summed E-state index contributed by atoms with van der Waals surface area (Å²) in [7, 11) is 1.72. The van der Waals surface area contributed by atoms with Gasteiger partial charge in [-0.1, -0.05) is 24.3 Å². The summed E-state index contributed by atoms with van der Waals surface area (Å²) >= 11 is 0. The number of pyridine rings is 1. The van der Waals surface area contributed by atoms with Crippen LogP contribution in [0.5, 0.6) is 17.4 Å². The molecule has 0 saturated carbocycles. The first kappa shape index (κ1) is 21.1. The fraction of sp³-hybridized carbons (Fsp3) is 0.217. The smallest absolute Gasteiger partial charge is 0.219 e. The van der Waals surface area contributed by atoms with Crippen molar-refractivity contribution in [3.8, 4) is 17.4 Å². The van der Waals surface area contributed by atoms with Gasteiger partial charge in [-0.05, 0) is 42.8 Å². The van der Waals surface area contributed by atoms with E-state index < -0.39 is 0 Å². The number of para-hydroxylation sites is 1. The Balaban J connectivity index is 1.50. The van der Waals surface area contributed by atoms with E-state index in [0.717, 1.165) is 16.9 Å². The maximum absolute atomic E-state index is 13.0. The monoisotopic (exact) mass is 408 g/mol. The second kappa shape index (κ2) is 10.8. The molecule has 30 heavy (non-hydrogen) atoms. The Labute approximate surface area is 175 Å². The molecule has 2 aromatic carbocycles. The third-order valence-electron chi connectivity index (χ3n) is 4.24. The molecule has 7 heteroatoms. The van der Waals surface area contributed by atoms with E-state index in [4.69, 9.17) is 9.47 Å². The van der Waals surface area contributed by atoms with E-state index in [1.54, 1.807) is 31.4 Å². The molecule has 0 aliphatic carbocycles. The fourth-order valence-electron chi connectivity index (χ4n) is 2.73. The molecule has 156 valence electrons. The largest absolute Gasteiger partial charge is 0.494 e.